The molecule has 3 rings (SSSR count). The summed E-state index contributed by atoms with van der Waals surface area (Å²) in [5, 5.41) is 9.06. The Balaban J connectivity index is 1.54. The third-order valence-electron chi connectivity index (χ3n) is 4.64. The highest BCUT2D eigenvalue weighted by molar-refractivity contribution is 6.39. The van der Waals surface area contributed by atoms with Crippen LogP contribution in [0.2, 0.25) is 5.02 Å². The summed E-state index contributed by atoms with van der Waals surface area (Å²) in [7, 11) is 1.46. The Morgan fingerprint density at radius 3 is 2.28 bits per heavy atom. The van der Waals surface area contributed by atoms with Crippen molar-refractivity contribution in [2.75, 3.05) is 17.7 Å². The molecule has 0 heterocycles. The Morgan fingerprint density at radius 2 is 1.64 bits per heavy atom. The van der Waals surface area contributed by atoms with Crippen LogP contribution in [0.4, 0.5) is 15.8 Å². The van der Waals surface area contributed by atoms with Gasteiger partial charge in [-0.05, 0) is 60.2 Å². The average molecular weight is 513 g/mol. The molecule has 3 aromatic rings. The molecule has 0 radical (unpaired) electrons. The SMILES string of the molecule is COc1cc(C=NNC(=O)C(=O)Nc2ccc(NC(C)=O)cc2)ccc1OCc1ccc(F)cc1Cl. The van der Waals surface area contributed by atoms with Gasteiger partial charge >= 0.3 is 11.8 Å². The highest BCUT2D eigenvalue weighted by atomic mass is 35.5. The number of hydrazone groups is 1. The highest BCUT2D eigenvalue weighted by Crippen LogP contribution is 2.29. The molecule has 3 N–H and O–H groups in total. The van der Waals surface area contributed by atoms with Gasteiger partial charge in [-0.2, -0.15) is 5.10 Å². The number of rotatable bonds is 8. The van der Waals surface area contributed by atoms with Gasteiger partial charge in [0.1, 0.15) is 12.4 Å². The van der Waals surface area contributed by atoms with Crippen LogP contribution < -0.4 is 25.5 Å². The number of nitrogens with zero attached hydrogens (tertiary/aromatic N) is 1. The van der Waals surface area contributed by atoms with E-state index in [4.69, 9.17) is 21.1 Å². The van der Waals surface area contributed by atoms with Crippen LogP contribution in [0.3, 0.4) is 0 Å². The normalized spacial score (nSPS) is 10.6. The molecular weight excluding hydrogens is 491 g/mol. The van der Waals surface area contributed by atoms with Crippen LogP contribution in [-0.2, 0) is 21.0 Å². The van der Waals surface area contributed by atoms with E-state index in [1.165, 1.54) is 38.4 Å². The van der Waals surface area contributed by atoms with E-state index in [2.05, 4.69) is 21.2 Å². The van der Waals surface area contributed by atoms with E-state index in [0.29, 0.717) is 34.0 Å². The van der Waals surface area contributed by atoms with E-state index in [0.717, 1.165) is 0 Å². The molecule has 3 aromatic carbocycles. The molecular formula is C25H22ClFN4O5. The fraction of sp³-hybridized carbons (Fsp3) is 0.120. The van der Waals surface area contributed by atoms with Crippen molar-refractivity contribution in [2.24, 2.45) is 5.10 Å². The number of methoxy groups -OCH3 is 1. The van der Waals surface area contributed by atoms with Gasteiger partial charge in [-0.3, -0.25) is 14.4 Å². The minimum Gasteiger partial charge on any atom is -0.493 e. The molecule has 36 heavy (non-hydrogen) atoms. The van der Waals surface area contributed by atoms with Crippen LogP contribution in [0.5, 0.6) is 11.5 Å². The van der Waals surface area contributed by atoms with Gasteiger partial charge in [-0.25, -0.2) is 9.82 Å². The van der Waals surface area contributed by atoms with Crippen molar-refractivity contribution < 1.29 is 28.2 Å². The molecule has 0 saturated heterocycles. The van der Waals surface area contributed by atoms with E-state index in [1.807, 2.05) is 0 Å². The zero-order chi connectivity index (χ0) is 26.1. The van der Waals surface area contributed by atoms with Crippen molar-refractivity contribution in [3.63, 3.8) is 0 Å². The minimum atomic E-state index is -0.972. The standard InChI is InChI=1S/C25H22ClFN4O5/c1-15(32)29-19-6-8-20(9-7-19)30-24(33)25(34)31-28-13-16-3-10-22(23(11-16)35-2)36-14-17-4-5-18(27)12-21(17)26/h3-13H,14H2,1-2H3,(H,29,32)(H,30,33)(H,31,34). The van der Waals surface area contributed by atoms with Crippen LogP contribution in [0, 0.1) is 5.82 Å². The maximum atomic E-state index is 13.2. The van der Waals surface area contributed by atoms with Crippen molar-refractivity contribution in [1.29, 1.82) is 0 Å². The molecule has 0 atom stereocenters. The molecule has 11 heteroatoms. The summed E-state index contributed by atoms with van der Waals surface area (Å²) in [6.07, 6.45) is 1.33. The summed E-state index contributed by atoms with van der Waals surface area (Å²) in [5.41, 5.74) is 4.24. The van der Waals surface area contributed by atoms with Gasteiger partial charge in [0.25, 0.3) is 0 Å². The van der Waals surface area contributed by atoms with E-state index in [9.17, 15) is 18.8 Å². The second kappa shape index (κ2) is 12.3. The predicted octanol–water partition coefficient (Wildman–Crippen LogP) is 4.11. The number of carbonyl (C=O) groups is 3. The van der Waals surface area contributed by atoms with Crippen molar-refractivity contribution in [3.8, 4) is 11.5 Å². The molecule has 0 spiro atoms. The molecule has 0 unspecified atom stereocenters. The largest absolute Gasteiger partial charge is 0.493 e. The van der Waals surface area contributed by atoms with Crippen LogP contribution in [0.25, 0.3) is 0 Å². The van der Waals surface area contributed by atoms with Crippen LogP contribution in [-0.4, -0.2) is 31.0 Å². The Labute approximate surface area is 211 Å². The predicted molar refractivity (Wildman–Crippen MR) is 134 cm³/mol. The first-order chi connectivity index (χ1) is 17.2. The van der Waals surface area contributed by atoms with Gasteiger partial charge in [-0.1, -0.05) is 17.7 Å². The van der Waals surface area contributed by atoms with Gasteiger partial charge in [0.15, 0.2) is 11.5 Å². The third-order valence-corrected chi connectivity index (χ3v) is 4.99. The number of ether oxygens (including phenoxy) is 2. The molecule has 0 aliphatic carbocycles. The first kappa shape index (κ1) is 26.2. The molecule has 0 aliphatic rings. The fourth-order valence-corrected chi connectivity index (χ4v) is 3.14. The summed E-state index contributed by atoms with van der Waals surface area (Å²) >= 11 is 6.02. The van der Waals surface area contributed by atoms with E-state index < -0.39 is 17.6 Å². The van der Waals surface area contributed by atoms with Gasteiger partial charge in [0.05, 0.1) is 18.3 Å². The lowest BCUT2D eigenvalue weighted by atomic mass is 10.2. The summed E-state index contributed by atoms with van der Waals surface area (Å²) in [6, 6.07) is 15.2. The number of amides is 3. The molecule has 0 aromatic heterocycles. The zero-order valence-corrected chi connectivity index (χ0v) is 20.1. The van der Waals surface area contributed by atoms with Gasteiger partial charge in [-0.15, -0.1) is 0 Å². The molecule has 0 bridgehead atoms. The number of halogens is 2. The number of hydrogen-bond donors (Lipinski definition) is 3. The Bertz CT molecular complexity index is 1300. The highest BCUT2D eigenvalue weighted by Gasteiger charge is 2.13. The number of benzene rings is 3. The van der Waals surface area contributed by atoms with Gasteiger partial charge < -0.3 is 20.1 Å². The van der Waals surface area contributed by atoms with Crippen LogP contribution in [0.1, 0.15) is 18.1 Å². The summed E-state index contributed by atoms with van der Waals surface area (Å²) in [6.45, 7) is 1.48. The number of nitrogens with one attached hydrogen (secondary N) is 3. The quantitative estimate of drug-likeness (QED) is 0.238. The molecule has 0 saturated carbocycles. The molecule has 9 nitrogen and oxygen atoms in total. The Morgan fingerprint density at radius 1 is 0.944 bits per heavy atom. The lowest BCUT2D eigenvalue weighted by Gasteiger charge is -2.12. The molecule has 3 amide bonds. The van der Waals surface area contributed by atoms with E-state index in [1.54, 1.807) is 42.5 Å². The topological polar surface area (TPSA) is 118 Å². The lowest BCUT2D eigenvalue weighted by Crippen LogP contribution is -2.32. The van der Waals surface area contributed by atoms with Gasteiger partial charge in [0.2, 0.25) is 5.91 Å². The van der Waals surface area contributed by atoms with Crippen molar-refractivity contribution in [2.45, 2.75) is 13.5 Å². The number of anilines is 2. The first-order valence-electron chi connectivity index (χ1n) is 10.5. The summed E-state index contributed by atoms with van der Waals surface area (Å²) in [5.74, 6) is -1.74. The molecule has 186 valence electrons. The van der Waals surface area contributed by atoms with E-state index >= 15 is 0 Å². The smallest absolute Gasteiger partial charge is 0.329 e. The minimum absolute atomic E-state index is 0.101. The maximum absolute atomic E-state index is 13.2. The second-order valence-corrected chi connectivity index (χ2v) is 7.75. The lowest BCUT2D eigenvalue weighted by molar-refractivity contribution is -0.136. The number of hydrogen-bond acceptors (Lipinski definition) is 6. The van der Waals surface area contributed by atoms with Crippen molar-refractivity contribution in [3.05, 3.63) is 82.6 Å². The fourth-order valence-electron chi connectivity index (χ4n) is 2.92. The van der Waals surface area contributed by atoms with Gasteiger partial charge in [0, 0.05) is 23.9 Å². The van der Waals surface area contributed by atoms with Crippen molar-refractivity contribution >= 4 is 46.9 Å². The summed E-state index contributed by atoms with van der Waals surface area (Å²) < 4.78 is 24.3. The molecule has 0 fully saturated rings. The second-order valence-electron chi connectivity index (χ2n) is 7.35. The Hall–Kier alpha value is -4.44. The van der Waals surface area contributed by atoms with E-state index in [-0.39, 0.29) is 17.5 Å². The maximum Gasteiger partial charge on any atom is 0.329 e. The van der Waals surface area contributed by atoms with Crippen LogP contribution in [0.15, 0.2) is 65.8 Å². The number of carbonyl (C=O) groups excluding carboxylic acids is 3. The Kier molecular flexibility index (Phi) is 8.95. The average Bonchev–Trinajstić information content (AvgIpc) is 2.84. The molecule has 0 aliphatic heterocycles. The third kappa shape index (κ3) is 7.54. The van der Waals surface area contributed by atoms with Crippen molar-refractivity contribution in [1.82, 2.24) is 5.43 Å². The summed E-state index contributed by atoms with van der Waals surface area (Å²) in [4.78, 5) is 35.1. The monoisotopic (exact) mass is 512 g/mol. The zero-order valence-electron chi connectivity index (χ0n) is 19.3. The first-order valence-corrected chi connectivity index (χ1v) is 10.9. The van der Waals surface area contributed by atoms with Crippen LogP contribution >= 0.6 is 11.6 Å².